The second kappa shape index (κ2) is 5.11. The van der Waals surface area contributed by atoms with Gasteiger partial charge in [0, 0.05) is 0 Å². The number of hydrogen-bond donors (Lipinski definition) is 0. The van der Waals surface area contributed by atoms with Gasteiger partial charge >= 0.3 is 138 Å². The van der Waals surface area contributed by atoms with Gasteiger partial charge in [-0.2, -0.15) is 0 Å². The third-order valence-electron chi connectivity index (χ3n) is 3.33. The molecule has 1 aromatic rings. The van der Waals surface area contributed by atoms with Crippen LogP contribution < -0.4 is 10.4 Å². The first-order chi connectivity index (χ1) is 8.79. The molecule has 2 aliphatic rings. The molecule has 100 valence electrons. The predicted octanol–water partition coefficient (Wildman–Crippen LogP) is 4.67. The molecule has 1 aliphatic carbocycles. The number of halogens is 4. The van der Waals surface area contributed by atoms with Crippen LogP contribution in [0.1, 0.15) is 18.1 Å². The Bertz CT molecular complexity index is 788. The molecule has 0 N–H and O–H groups in total. The van der Waals surface area contributed by atoms with E-state index in [2.05, 4.69) is 54.1 Å². The monoisotopic (exact) mass is 472 g/mol. The molecule has 0 bridgehead atoms. The molecule has 0 aromatic heterocycles. The van der Waals surface area contributed by atoms with Crippen molar-refractivity contribution in [3.05, 3.63) is 33.2 Å². The molecule has 0 fully saturated rings. The molecule has 1 aromatic carbocycles. The van der Waals surface area contributed by atoms with Crippen LogP contribution in [-0.2, 0) is 15.2 Å². The predicted molar refractivity (Wildman–Crippen MR) is 90.4 cm³/mol. The van der Waals surface area contributed by atoms with Crippen LogP contribution in [0.2, 0.25) is 0 Å². The van der Waals surface area contributed by atoms with E-state index in [9.17, 15) is 0 Å². The van der Waals surface area contributed by atoms with Crippen LogP contribution in [0.5, 0.6) is 0 Å². The number of allylic oxidation sites excluding steroid dienone is 1. The molecule has 1 heterocycles. The van der Waals surface area contributed by atoms with E-state index in [4.69, 9.17) is 25.5 Å². The quantitative estimate of drug-likeness (QED) is 0.409. The van der Waals surface area contributed by atoms with Gasteiger partial charge in [0.1, 0.15) is 0 Å². The molecule has 19 heavy (non-hydrogen) atoms. The molecule has 0 spiro atoms. The second-order valence-corrected chi connectivity index (χ2v) is 33.8. The minimum absolute atomic E-state index is 0.337. The van der Waals surface area contributed by atoms with Gasteiger partial charge in [0.2, 0.25) is 0 Å². The second-order valence-electron chi connectivity index (χ2n) is 4.65. The fourth-order valence-electron chi connectivity index (χ4n) is 2.53. The van der Waals surface area contributed by atoms with Crippen LogP contribution in [-0.4, -0.2) is 3.77 Å². The molecule has 0 radical (unpaired) electrons. The van der Waals surface area contributed by atoms with Crippen molar-refractivity contribution in [1.82, 2.24) is 0 Å². The maximum absolute atomic E-state index is 6.35. The Balaban J connectivity index is 2.36. The average Bonchev–Trinajstić information content (AvgIpc) is 2.77. The molecule has 0 amide bonds. The number of benzene rings is 1. The summed E-state index contributed by atoms with van der Waals surface area (Å²) < 4.78 is 1.05. The van der Waals surface area contributed by atoms with Gasteiger partial charge in [-0.25, -0.2) is 0 Å². The van der Waals surface area contributed by atoms with E-state index in [0.29, 0.717) is 0 Å². The van der Waals surface area contributed by atoms with E-state index in [0.717, 1.165) is 3.77 Å². The van der Waals surface area contributed by atoms with Crippen molar-refractivity contribution in [3.8, 4) is 0 Å². The third-order valence-corrected chi connectivity index (χ3v) is 23.4. The molecule has 1 unspecified atom stereocenters. The van der Waals surface area contributed by atoms with Crippen LogP contribution in [0.15, 0.2) is 16.5 Å². The molecule has 3 rings (SSSR count). The van der Waals surface area contributed by atoms with Crippen LogP contribution >= 0.6 is 48.7 Å². The number of fused-ring (bicyclic) bond motifs is 2. The van der Waals surface area contributed by atoms with E-state index in [1.165, 1.54) is 32.0 Å². The first-order valence-electron chi connectivity index (χ1n) is 5.68. The Morgan fingerprint density at radius 1 is 1.11 bits per heavy atom. The fraction of sp³-hybridized carbons (Fsp3) is 0.154. The number of hydrogen-bond acceptors (Lipinski definition) is 0. The van der Waals surface area contributed by atoms with E-state index in [1.54, 1.807) is 0 Å². The summed E-state index contributed by atoms with van der Waals surface area (Å²) in [4.78, 5) is 1.21. The minimum atomic E-state index is -3.58. The SMILES string of the molecule is CC1=Cc2c(C)c3c(cc2=C1)[S]([Zr]([Cl])([Cl])[Cl])=C(Br)C=3. The first-order valence-corrected chi connectivity index (χ1v) is 20.2. The summed E-state index contributed by atoms with van der Waals surface area (Å²) in [6.07, 6.45) is 6.56. The third kappa shape index (κ3) is 2.53. The Kier molecular flexibility index (Phi) is 4.05. The molecule has 0 saturated heterocycles. The van der Waals surface area contributed by atoms with Gasteiger partial charge in [-0.05, 0) is 0 Å². The van der Waals surface area contributed by atoms with Gasteiger partial charge < -0.3 is 0 Å². The first kappa shape index (κ1) is 15.1. The summed E-state index contributed by atoms with van der Waals surface area (Å²) in [6.45, 7) is 4.27. The average molecular weight is 476 g/mol. The maximum atomic E-state index is 6.35. The molecular weight excluding hydrogens is 466 g/mol. The topological polar surface area (TPSA) is 0 Å². The fourth-order valence-corrected chi connectivity index (χ4v) is 28.1. The van der Waals surface area contributed by atoms with Gasteiger partial charge in [-0.15, -0.1) is 0 Å². The van der Waals surface area contributed by atoms with Gasteiger partial charge in [-0.1, -0.05) is 0 Å². The van der Waals surface area contributed by atoms with Gasteiger partial charge in [0.25, 0.3) is 0 Å². The summed E-state index contributed by atoms with van der Waals surface area (Å²) in [7, 11) is 18.7. The van der Waals surface area contributed by atoms with Gasteiger partial charge in [-0.3, -0.25) is 0 Å². The van der Waals surface area contributed by atoms with E-state index < -0.39 is 15.2 Å². The Hall–Kier alpha value is 1.15. The Morgan fingerprint density at radius 3 is 2.42 bits per heavy atom. The van der Waals surface area contributed by atoms with Crippen molar-refractivity contribution in [2.75, 3.05) is 0 Å². The Morgan fingerprint density at radius 2 is 1.79 bits per heavy atom. The number of rotatable bonds is 1. The van der Waals surface area contributed by atoms with Crippen molar-refractivity contribution in [2.45, 2.75) is 18.7 Å². The van der Waals surface area contributed by atoms with Crippen molar-refractivity contribution in [2.24, 2.45) is 0 Å². The molecule has 6 heteroatoms. The van der Waals surface area contributed by atoms with Crippen molar-refractivity contribution >= 4 is 70.7 Å². The summed E-state index contributed by atoms with van der Waals surface area (Å²) >= 11 is 0.0250. The molecule has 1 atom stereocenters. The van der Waals surface area contributed by atoms with Crippen LogP contribution in [0.3, 0.4) is 0 Å². The molecular formula is C13H10BrCl3SZr. The van der Waals surface area contributed by atoms with Gasteiger partial charge in [0.05, 0.1) is 0 Å². The summed E-state index contributed by atoms with van der Waals surface area (Å²) in [5.74, 6) is 0. The van der Waals surface area contributed by atoms with E-state index in [1.807, 2.05) is 0 Å². The van der Waals surface area contributed by atoms with Crippen LogP contribution in [0.4, 0.5) is 0 Å². The standard InChI is InChI=1S/C13H10BrS.3ClH.Zr/c1-7-3-9-5-12-11(6-13(14)15-12)8(2)10(9)4-7;;;;/h3-6H,1-2H3;3*1H;/q+1;;;;+2/p-3. The Labute approximate surface area is 136 Å². The van der Waals surface area contributed by atoms with E-state index in [-0.39, 0.29) is 7.24 Å². The molecule has 0 saturated carbocycles. The van der Waals surface area contributed by atoms with E-state index >= 15 is 0 Å². The molecule has 0 nitrogen and oxygen atoms in total. The zero-order valence-corrected chi connectivity index (χ0v) is 17.4. The molecule has 1 aliphatic heterocycles. The summed E-state index contributed by atoms with van der Waals surface area (Å²) in [5, 5.41) is 2.48. The van der Waals surface area contributed by atoms with Crippen molar-refractivity contribution in [3.63, 3.8) is 0 Å². The zero-order chi connectivity index (χ0) is 13.9. The van der Waals surface area contributed by atoms with Crippen LogP contribution in [0.25, 0.3) is 18.2 Å². The van der Waals surface area contributed by atoms with Crippen LogP contribution in [0, 0.1) is 6.92 Å². The van der Waals surface area contributed by atoms with Crippen molar-refractivity contribution < 1.29 is 15.2 Å². The zero-order valence-electron chi connectivity index (χ0n) is 10.2. The van der Waals surface area contributed by atoms with Gasteiger partial charge in [0.15, 0.2) is 0 Å². The summed E-state index contributed by atoms with van der Waals surface area (Å²) in [6, 6.07) is 2.21. The normalized spacial score (nSPS) is 20.6. The summed E-state index contributed by atoms with van der Waals surface area (Å²) in [5.41, 5.74) is 3.87. The van der Waals surface area contributed by atoms with Crippen molar-refractivity contribution in [1.29, 1.82) is 0 Å².